The summed E-state index contributed by atoms with van der Waals surface area (Å²) in [5.41, 5.74) is 0. The van der Waals surface area contributed by atoms with Gasteiger partial charge in [-0.25, -0.2) is 0 Å². The van der Waals surface area contributed by atoms with Gasteiger partial charge in [-0.15, -0.1) is 0 Å². The van der Waals surface area contributed by atoms with Gasteiger partial charge >= 0.3 is 0 Å². The molecule has 0 radical (unpaired) electrons. The summed E-state index contributed by atoms with van der Waals surface area (Å²) >= 11 is 0. The van der Waals surface area contributed by atoms with Crippen LogP contribution in [0.25, 0.3) is 0 Å². The molecule has 1 N–H and O–H groups in total. The van der Waals surface area contributed by atoms with Crippen LogP contribution in [0.5, 0.6) is 0 Å². The molecule has 18 heavy (non-hydrogen) atoms. The van der Waals surface area contributed by atoms with Crippen molar-refractivity contribution in [3.63, 3.8) is 0 Å². The van der Waals surface area contributed by atoms with E-state index >= 15 is 0 Å². The summed E-state index contributed by atoms with van der Waals surface area (Å²) in [6, 6.07) is 0.476. The van der Waals surface area contributed by atoms with Crippen LogP contribution < -0.4 is 5.32 Å². The zero-order valence-electron chi connectivity index (χ0n) is 12.6. The first-order chi connectivity index (χ1) is 8.76. The summed E-state index contributed by atoms with van der Waals surface area (Å²) < 4.78 is 5.30. The first-order valence-corrected chi connectivity index (χ1v) is 7.67. The maximum atomic E-state index is 5.30. The minimum absolute atomic E-state index is 0.476. The van der Waals surface area contributed by atoms with Gasteiger partial charge in [0.2, 0.25) is 0 Å². The van der Waals surface area contributed by atoms with Crippen LogP contribution in [-0.4, -0.2) is 51.3 Å². The first-order valence-electron chi connectivity index (χ1n) is 7.67. The van der Waals surface area contributed by atoms with Crippen LogP contribution in [0.4, 0.5) is 0 Å². The molecule has 1 saturated carbocycles. The third-order valence-corrected chi connectivity index (χ3v) is 3.88. The summed E-state index contributed by atoms with van der Waals surface area (Å²) in [5.74, 6) is 0.929. The van der Waals surface area contributed by atoms with E-state index in [1.807, 2.05) is 0 Å². The minimum atomic E-state index is 0.476. The highest BCUT2D eigenvalue weighted by Gasteiger charge is 2.17. The molecular weight excluding hydrogens is 224 g/mol. The first kappa shape index (κ1) is 15.9. The van der Waals surface area contributed by atoms with Crippen molar-refractivity contribution < 1.29 is 4.74 Å². The number of likely N-dealkylation sites (N-methyl/N-ethyl adjacent to an activating group) is 1. The van der Waals surface area contributed by atoms with Crippen LogP contribution in [-0.2, 0) is 4.74 Å². The molecule has 1 atom stereocenters. The molecule has 0 aliphatic heterocycles. The van der Waals surface area contributed by atoms with E-state index in [-0.39, 0.29) is 0 Å². The van der Waals surface area contributed by atoms with E-state index in [9.17, 15) is 0 Å². The summed E-state index contributed by atoms with van der Waals surface area (Å²) in [6.07, 6.45) is 8.38. The Morgan fingerprint density at radius 2 is 2.00 bits per heavy atom. The van der Waals surface area contributed by atoms with Crippen LogP contribution in [0.15, 0.2) is 0 Å². The average Bonchev–Trinajstić information content (AvgIpc) is 2.37. The normalized spacial score (nSPS) is 19.3. The minimum Gasteiger partial charge on any atom is -0.383 e. The molecule has 0 aromatic heterocycles. The fraction of sp³-hybridized carbons (Fsp3) is 1.00. The third-order valence-electron chi connectivity index (χ3n) is 3.88. The number of rotatable bonds is 9. The molecule has 3 heteroatoms. The summed E-state index contributed by atoms with van der Waals surface area (Å²) in [6.45, 7) is 6.47. The van der Waals surface area contributed by atoms with Gasteiger partial charge in [-0.3, -0.25) is 0 Å². The van der Waals surface area contributed by atoms with Gasteiger partial charge in [0.05, 0.1) is 6.61 Å². The lowest BCUT2D eigenvalue weighted by molar-refractivity contribution is 0.136. The van der Waals surface area contributed by atoms with E-state index in [1.165, 1.54) is 45.1 Å². The molecule has 1 fully saturated rings. The lowest BCUT2D eigenvalue weighted by atomic mass is 9.89. The van der Waals surface area contributed by atoms with E-state index < -0.39 is 0 Å². The lowest BCUT2D eigenvalue weighted by Crippen LogP contribution is -2.44. The van der Waals surface area contributed by atoms with Gasteiger partial charge < -0.3 is 15.0 Å². The Balaban J connectivity index is 2.23. The fourth-order valence-electron chi connectivity index (χ4n) is 2.99. The van der Waals surface area contributed by atoms with Gasteiger partial charge in [0.1, 0.15) is 0 Å². The number of hydrogen-bond acceptors (Lipinski definition) is 3. The second kappa shape index (κ2) is 9.76. The number of nitrogens with one attached hydrogen (secondary N) is 1. The van der Waals surface area contributed by atoms with E-state index in [1.54, 1.807) is 7.11 Å². The smallest absolute Gasteiger partial charge is 0.0628 e. The van der Waals surface area contributed by atoms with Crippen molar-refractivity contribution in [3.8, 4) is 0 Å². The van der Waals surface area contributed by atoms with Crippen molar-refractivity contribution in [1.82, 2.24) is 10.2 Å². The van der Waals surface area contributed by atoms with Gasteiger partial charge in [-0.2, -0.15) is 0 Å². The van der Waals surface area contributed by atoms with Crippen LogP contribution in [0.2, 0.25) is 0 Å². The van der Waals surface area contributed by atoms with E-state index in [0.29, 0.717) is 6.04 Å². The number of nitrogens with zero attached hydrogens (tertiary/aromatic N) is 1. The van der Waals surface area contributed by atoms with Crippen molar-refractivity contribution in [2.24, 2.45) is 5.92 Å². The molecule has 0 saturated heterocycles. The molecule has 0 bridgehead atoms. The van der Waals surface area contributed by atoms with Crippen molar-refractivity contribution in [2.75, 3.05) is 40.4 Å². The van der Waals surface area contributed by atoms with Crippen LogP contribution in [0, 0.1) is 5.92 Å². The van der Waals surface area contributed by atoms with Crippen LogP contribution >= 0.6 is 0 Å². The van der Waals surface area contributed by atoms with Gasteiger partial charge in [-0.05, 0) is 38.8 Å². The molecule has 3 nitrogen and oxygen atoms in total. The average molecular weight is 256 g/mol. The molecule has 0 heterocycles. The molecule has 1 aliphatic carbocycles. The fourth-order valence-corrected chi connectivity index (χ4v) is 2.99. The number of ether oxygens (including phenoxy) is 1. The van der Waals surface area contributed by atoms with Crippen LogP contribution in [0.1, 0.15) is 45.4 Å². The molecule has 1 unspecified atom stereocenters. The third kappa shape index (κ3) is 6.72. The number of methoxy groups -OCH3 is 1. The Morgan fingerprint density at radius 1 is 1.28 bits per heavy atom. The molecule has 0 aromatic carbocycles. The molecule has 0 aromatic rings. The summed E-state index contributed by atoms with van der Waals surface area (Å²) in [5, 5.41) is 3.57. The van der Waals surface area contributed by atoms with Gasteiger partial charge in [-0.1, -0.05) is 26.2 Å². The second-order valence-corrected chi connectivity index (χ2v) is 5.83. The Bertz CT molecular complexity index is 193. The highest BCUT2D eigenvalue weighted by molar-refractivity contribution is 4.74. The van der Waals surface area contributed by atoms with Crippen LogP contribution in [0.3, 0.4) is 0 Å². The molecule has 1 aliphatic rings. The summed E-state index contributed by atoms with van der Waals surface area (Å²) in [7, 11) is 4.05. The zero-order chi connectivity index (χ0) is 13.2. The quantitative estimate of drug-likeness (QED) is 0.686. The van der Waals surface area contributed by atoms with Gasteiger partial charge in [0.15, 0.2) is 0 Å². The predicted octanol–water partition coefficient (Wildman–Crippen LogP) is 2.51. The SMILES string of the molecule is CCCNC(COC)CN(C)CC1CCCCC1. The standard InChI is InChI=1S/C15H32N2O/c1-4-10-16-15(13-18-3)12-17(2)11-14-8-6-5-7-9-14/h14-16H,4-13H2,1-3H3. The second-order valence-electron chi connectivity index (χ2n) is 5.83. The zero-order valence-corrected chi connectivity index (χ0v) is 12.6. The van der Waals surface area contributed by atoms with E-state index in [2.05, 4.69) is 24.2 Å². The predicted molar refractivity (Wildman–Crippen MR) is 78.0 cm³/mol. The molecule has 0 amide bonds. The van der Waals surface area contributed by atoms with Crippen molar-refractivity contribution in [1.29, 1.82) is 0 Å². The Morgan fingerprint density at radius 3 is 2.61 bits per heavy atom. The topological polar surface area (TPSA) is 24.5 Å². The molecule has 108 valence electrons. The Hall–Kier alpha value is -0.120. The molecule has 1 rings (SSSR count). The highest BCUT2D eigenvalue weighted by Crippen LogP contribution is 2.24. The molecule has 0 spiro atoms. The Kier molecular flexibility index (Phi) is 8.64. The van der Waals surface area contributed by atoms with Crippen molar-refractivity contribution in [2.45, 2.75) is 51.5 Å². The van der Waals surface area contributed by atoms with E-state index in [0.717, 1.165) is 25.6 Å². The number of hydrogen-bond donors (Lipinski definition) is 1. The van der Waals surface area contributed by atoms with E-state index in [4.69, 9.17) is 4.74 Å². The molecular formula is C15H32N2O. The van der Waals surface area contributed by atoms with Gasteiger partial charge in [0, 0.05) is 26.2 Å². The van der Waals surface area contributed by atoms with Gasteiger partial charge in [0.25, 0.3) is 0 Å². The monoisotopic (exact) mass is 256 g/mol. The highest BCUT2D eigenvalue weighted by atomic mass is 16.5. The van der Waals surface area contributed by atoms with Crippen molar-refractivity contribution in [3.05, 3.63) is 0 Å². The maximum absolute atomic E-state index is 5.30. The van der Waals surface area contributed by atoms with Crippen molar-refractivity contribution >= 4 is 0 Å². The lowest BCUT2D eigenvalue weighted by Gasteiger charge is -2.29. The largest absolute Gasteiger partial charge is 0.383 e. The summed E-state index contributed by atoms with van der Waals surface area (Å²) in [4.78, 5) is 2.49. The Labute approximate surface area is 113 Å². The maximum Gasteiger partial charge on any atom is 0.0628 e.